The van der Waals surface area contributed by atoms with Crippen LogP contribution in [0, 0.1) is 0 Å². The van der Waals surface area contributed by atoms with Gasteiger partial charge in [-0.3, -0.25) is 5.32 Å². The molecule has 21 heavy (non-hydrogen) atoms. The Morgan fingerprint density at radius 2 is 2.29 bits per heavy atom. The van der Waals surface area contributed by atoms with Gasteiger partial charge in [0.25, 0.3) is 0 Å². The quantitative estimate of drug-likeness (QED) is 0.780. The van der Waals surface area contributed by atoms with E-state index in [9.17, 15) is 9.59 Å². The summed E-state index contributed by atoms with van der Waals surface area (Å²) >= 11 is 7.11. The third-order valence-electron chi connectivity index (χ3n) is 2.51. The van der Waals surface area contributed by atoms with Crippen molar-refractivity contribution in [2.75, 3.05) is 19.0 Å². The molecule has 3 N–H and O–H groups in total. The Bertz CT molecular complexity index is 676. The second-order valence-corrected chi connectivity index (χ2v) is 5.54. The monoisotopic (exact) mass is 329 g/mol. The van der Waals surface area contributed by atoms with E-state index in [2.05, 4.69) is 15.6 Å². The molecule has 0 aliphatic heterocycles. The summed E-state index contributed by atoms with van der Waals surface area (Å²) in [5, 5.41) is 14.6. The molecule has 1 aromatic heterocycles. The number of nitrogens with zero attached hydrogens (tertiary/aromatic N) is 1. The highest BCUT2D eigenvalue weighted by Crippen LogP contribution is 2.28. The first-order valence-electron chi connectivity index (χ1n) is 5.85. The van der Waals surface area contributed by atoms with Crippen LogP contribution < -0.4 is 10.6 Å². The Hall–Kier alpha value is -1.90. The van der Waals surface area contributed by atoms with Gasteiger partial charge in [0.1, 0.15) is 0 Å². The maximum absolute atomic E-state index is 11.7. The molecule has 112 valence electrons. The van der Waals surface area contributed by atoms with Crippen LogP contribution in [0.15, 0.2) is 18.2 Å². The number of hydrogen-bond acceptors (Lipinski definition) is 5. The molecular weight excluding hydrogens is 318 g/mol. The molecule has 7 nitrogen and oxygen atoms in total. The molecule has 1 unspecified atom stereocenters. The van der Waals surface area contributed by atoms with E-state index < -0.39 is 18.0 Å². The summed E-state index contributed by atoms with van der Waals surface area (Å²) in [5.41, 5.74) is 0.700. The van der Waals surface area contributed by atoms with E-state index in [-0.39, 0.29) is 6.61 Å². The summed E-state index contributed by atoms with van der Waals surface area (Å²) < 4.78 is 5.55. The number of hydrogen-bond donors (Lipinski definition) is 3. The number of halogens is 1. The average molecular weight is 330 g/mol. The van der Waals surface area contributed by atoms with Gasteiger partial charge in [-0.15, -0.1) is 0 Å². The van der Waals surface area contributed by atoms with Crippen LogP contribution in [0.4, 0.5) is 9.93 Å². The number of carbonyl (C=O) groups is 2. The summed E-state index contributed by atoms with van der Waals surface area (Å²) in [5.74, 6) is -1.18. The van der Waals surface area contributed by atoms with Gasteiger partial charge in [0.2, 0.25) is 0 Å². The predicted octanol–water partition coefficient (Wildman–Crippen LogP) is 2.17. The minimum Gasteiger partial charge on any atom is -0.480 e. The van der Waals surface area contributed by atoms with E-state index in [1.807, 2.05) is 0 Å². The third-order valence-corrected chi connectivity index (χ3v) is 3.68. The maximum Gasteiger partial charge on any atom is 0.328 e. The number of carboxylic acids is 1. The fourth-order valence-corrected chi connectivity index (χ4v) is 2.72. The second kappa shape index (κ2) is 6.70. The number of carbonyl (C=O) groups excluding carboxylic acids is 1. The molecule has 2 amide bonds. The van der Waals surface area contributed by atoms with Gasteiger partial charge in [-0.25, -0.2) is 14.6 Å². The zero-order valence-corrected chi connectivity index (χ0v) is 12.5. The Balaban J connectivity index is 2.05. The van der Waals surface area contributed by atoms with Gasteiger partial charge in [0.15, 0.2) is 11.2 Å². The standard InChI is InChI=1S/C12H12ClN3O4S/c1-20-5-8(10(17)18)14-11(19)16-12-15-7-3-2-6(13)4-9(7)21-12/h2-4,8H,5H2,1H3,(H,17,18)(H2,14,15,16,19). The van der Waals surface area contributed by atoms with Gasteiger partial charge in [0, 0.05) is 12.1 Å². The van der Waals surface area contributed by atoms with E-state index in [0.717, 1.165) is 4.70 Å². The molecule has 0 bridgehead atoms. The van der Waals surface area contributed by atoms with Crippen molar-refractivity contribution in [1.82, 2.24) is 10.3 Å². The van der Waals surface area contributed by atoms with Gasteiger partial charge in [0.05, 0.1) is 16.8 Å². The molecule has 1 atom stereocenters. The maximum atomic E-state index is 11.7. The number of rotatable bonds is 5. The van der Waals surface area contributed by atoms with E-state index in [0.29, 0.717) is 15.7 Å². The Labute approximate surface area is 128 Å². The normalized spacial score (nSPS) is 12.1. The molecule has 0 saturated carbocycles. The zero-order valence-electron chi connectivity index (χ0n) is 10.9. The number of benzene rings is 1. The Morgan fingerprint density at radius 1 is 1.52 bits per heavy atom. The number of amides is 2. The number of urea groups is 1. The molecule has 0 spiro atoms. The van der Waals surface area contributed by atoms with Gasteiger partial charge >= 0.3 is 12.0 Å². The van der Waals surface area contributed by atoms with Crippen molar-refractivity contribution in [1.29, 1.82) is 0 Å². The minimum atomic E-state index is -1.18. The number of anilines is 1. The summed E-state index contributed by atoms with van der Waals surface area (Å²) in [4.78, 5) is 26.9. The fraction of sp³-hybridized carbons (Fsp3) is 0.250. The molecule has 1 heterocycles. The molecular formula is C12H12ClN3O4S. The van der Waals surface area contributed by atoms with E-state index in [4.69, 9.17) is 21.4 Å². The van der Waals surface area contributed by atoms with Crippen molar-refractivity contribution >= 4 is 50.3 Å². The molecule has 0 saturated heterocycles. The first-order valence-corrected chi connectivity index (χ1v) is 7.04. The number of aromatic nitrogens is 1. The van der Waals surface area contributed by atoms with Crippen LogP contribution in [-0.2, 0) is 9.53 Å². The lowest BCUT2D eigenvalue weighted by Crippen LogP contribution is -2.45. The van der Waals surface area contributed by atoms with Gasteiger partial charge < -0.3 is 15.2 Å². The van der Waals surface area contributed by atoms with Crippen molar-refractivity contribution in [2.45, 2.75) is 6.04 Å². The number of ether oxygens (including phenoxy) is 1. The lowest BCUT2D eigenvalue weighted by atomic mass is 10.3. The van der Waals surface area contributed by atoms with E-state index in [1.54, 1.807) is 18.2 Å². The SMILES string of the molecule is COCC(NC(=O)Nc1nc2ccc(Cl)cc2s1)C(=O)O. The predicted molar refractivity (Wildman–Crippen MR) is 80.1 cm³/mol. The zero-order chi connectivity index (χ0) is 15.4. The summed E-state index contributed by atoms with van der Waals surface area (Å²) in [7, 11) is 1.35. The summed E-state index contributed by atoms with van der Waals surface area (Å²) in [6.07, 6.45) is 0. The van der Waals surface area contributed by atoms with Gasteiger partial charge in [-0.1, -0.05) is 22.9 Å². The molecule has 9 heteroatoms. The highest BCUT2D eigenvalue weighted by atomic mass is 35.5. The lowest BCUT2D eigenvalue weighted by molar-refractivity contribution is -0.140. The van der Waals surface area contributed by atoms with Crippen LogP contribution in [0.1, 0.15) is 0 Å². The van der Waals surface area contributed by atoms with Crippen LogP contribution in [0.25, 0.3) is 10.2 Å². The summed E-state index contributed by atoms with van der Waals surface area (Å²) in [6, 6.07) is 3.39. The molecule has 0 aliphatic carbocycles. The third kappa shape index (κ3) is 4.03. The molecule has 0 fully saturated rings. The molecule has 2 rings (SSSR count). The fourth-order valence-electron chi connectivity index (χ4n) is 1.58. The smallest absolute Gasteiger partial charge is 0.328 e. The highest BCUT2D eigenvalue weighted by Gasteiger charge is 2.20. The minimum absolute atomic E-state index is 0.127. The van der Waals surface area contributed by atoms with Crippen LogP contribution in [0.2, 0.25) is 5.02 Å². The molecule has 2 aromatic rings. The number of fused-ring (bicyclic) bond motifs is 1. The second-order valence-electron chi connectivity index (χ2n) is 4.08. The summed E-state index contributed by atoms with van der Waals surface area (Å²) in [6.45, 7) is -0.127. The first kappa shape index (κ1) is 15.5. The molecule has 0 aliphatic rings. The van der Waals surface area contributed by atoms with Crippen molar-refractivity contribution in [2.24, 2.45) is 0 Å². The number of carboxylic acid groups (broad SMARTS) is 1. The number of thiazole rings is 1. The van der Waals surface area contributed by atoms with Crippen LogP contribution in [-0.4, -0.2) is 41.8 Å². The highest BCUT2D eigenvalue weighted by molar-refractivity contribution is 7.22. The van der Waals surface area contributed by atoms with E-state index >= 15 is 0 Å². The van der Waals surface area contributed by atoms with E-state index in [1.165, 1.54) is 18.4 Å². The lowest BCUT2D eigenvalue weighted by Gasteiger charge is -2.13. The number of aliphatic carboxylic acids is 1. The van der Waals surface area contributed by atoms with Crippen LogP contribution >= 0.6 is 22.9 Å². The average Bonchev–Trinajstić information content (AvgIpc) is 2.79. The Kier molecular flexibility index (Phi) is 4.94. The van der Waals surface area contributed by atoms with Crippen molar-refractivity contribution < 1.29 is 19.4 Å². The molecule has 0 radical (unpaired) electrons. The van der Waals surface area contributed by atoms with Crippen molar-refractivity contribution in [3.05, 3.63) is 23.2 Å². The largest absolute Gasteiger partial charge is 0.480 e. The van der Waals surface area contributed by atoms with Crippen LogP contribution in [0.3, 0.4) is 0 Å². The van der Waals surface area contributed by atoms with Crippen LogP contribution in [0.5, 0.6) is 0 Å². The first-order chi connectivity index (χ1) is 9.99. The van der Waals surface area contributed by atoms with Crippen molar-refractivity contribution in [3.8, 4) is 0 Å². The number of nitrogens with one attached hydrogen (secondary N) is 2. The Morgan fingerprint density at radius 3 is 2.95 bits per heavy atom. The topological polar surface area (TPSA) is 101 Å². The molecule has 1 aromatic carbocycles. The van der Waals surface area contributed by atoms with Gasteiger partial charge in [-0.05, 0) is 18.2 Å². The van der Waals surface area contributed by atoms with Gasteiger partial charge in [-0.2, -0.15) is 0 Å². The van der Waals surface area contributed by atoms with Crippen molar-refractivity contribution in [3.63, 3.8) is 0 Å². The number of methoxy groups -OCH3 is 1.